The summed E-state index contributed by atoms with van der Waals surface area (Å²) in [7, 11) is 0. The van der Waals surface area contributed by atoms with E-state index in [2.05, 4.69) is 15.0 Å². The maximum Gasteiger partial charge on any atom is 0.397 e. The Morgan fingerprint density at radius 3 is 2.92 bits per heavy atom. The Bertz CT molecular complexity index is 1010. The molecule has 4 rings (SSSR count). The van der Waals surface area contributed by atoms with Gasteiger partial charge in [-0.05, 0) is 17.7 Å². The Morgan fingerprint density at radius 1 is 1.28 bits per heavy atom. The van der Waals surface area contributed by atoms with Crippen LogP contribution >= 0.6 is 0 Å². The highest BCUT2D eigenvalue weighted by Gasteiger charge is 2.34. The number of rotatable bonds is 2. The summed E-state index contributed by atoms with van der Waals surface area (Å²) in [5.41, 5.74) is 2.13. The lowest BCUT2D eigenvalue weighted by Gasteiger charge is -2.17. The average Bonchev–Trinajstić information content (AvgIpc) is 3.22. The number of alkyl halides is 3. The predicted molar refractivity (Wildman–Crippen MR) is 86.6 cm³/mol. The van der Waals surface area contributed by atoms with Gasteiger partial charge in [-0.3, -0.25) is 9.78 Å². The first-order valence-corrected chi connectivity index (χ1v) is 7.67. The molecule has 1 aliphatic rings. The Labute approximate surface area is 140 Å². The molecular weight excluding hydrogens is 333 g/mol. The largest absolute Gasteiger partial charge is 0.397 e. The fourth-order valence-corrected chi connectivity index (χ4v) is 3.11. The molecule has 0 aromatic carbocycles. The molecule has 4 heterocycles. The van der Waals surface area contributed by atoms with Crippen LogP contribution in [0.1, 0.15) is 12.1 Å². The normalized spacial score (nSPS) is 15.2. The highest BCUT2D eigenvalue weighted by molar-refractivity contribution is 6.09. The second-order valence-electron chi connectivity index (χ2n) is 5.92. The molecule has 25 heavy (non-hydrogen) atoms. The van der Waals surface area contributed by atoms with E-state index < -0.39 is 18.5 Å². The van der Waals surface area contributed by atoms with Gasteiger partial charge in [-0.15, -0.1) is 0 Å². The van der Waals surface area contributed by atoms with Crippen molar-refractivity contribution in [3.8, 4) is 0 Å². The molecule has 0 unspecified atom stereocenters. The minimum Gasteiger partial charge on any atom is -0.346 e. The van der Waals surface area contributed by atoms with Crippen LogP contribution < -0.4 is 0 Å². The molecule has 3 aromatic heterocycles. The van der Waals surface area contributed by atoms with Crippen LogP contribution in [0.4, 0.5) is 13.2 Å². The number of hydrogen-bond donors (Lipinski definition) is 1. The zero-order valence-electron chi connectivity index (χ0n) is 13.0. The molecule has 128 valence electrons. The second-order valence-corrected chi connectivity index (χ2v) is 5.92. The standard InChI is InChI=1S/C17H13F3N4O/c18-17(19,20)7-13(25)24-6-3-11(9-24)15-14-10(1-4-21-15)8-23-16-12(14)2-5-22-16/h1-5,8H,6-7,9H2,(H,22,23). The number of fused-ring (bicyclic) bond motifs is 3. The number of carbonyl (C=O) groups is 1. The van der Waals surface area contributed by atoms with Gasteiger partial charge in [0.05, 0.1) is 5.69 Å². The molecule has 1 amide bonds. The van der Waals surface area contributed by atoms with Crippen LogP contribution in [0.3, 0.4) is 0 Å². The number of carbonyl (C=O) groups excluding carboxylic acids is 1. The third-order valence-corrected chi connectivity index (χ3v) is 4.24. The molecule has 0 saturated heterocycles. The second kappa shape index (κ2) is 5.58. The zero-order valence-corrected chi connectivity index (χ0v) is 13.0. The van der Waals surface area contributed by atoms with Crippen LogP contribution in [-0.2, 0) is 4.79 Å². The van der Waals surface area contributed by atoms with Crippen LogP contribution in [0.25, 0.3) is 27.4 Å². The highest BCUT2D eigenvalue weighted by Crippen LogP contribution is 2.31. The van der Waals surface area contributed by atoms with E-state index >= 15 is 0 Å². The highest BCUT2D eigenvalue weighted by atomic mass is 19.4. The molecule has 0 aliphatic carbocycles. The molecule has 1 aliphatic heterocycles. The number of aromatic nitrogens is 3. The molecule has 8 heteroatoms. The molecule has 0 fully saturated rings. The number of nitrogens with one attached hydrogen (secondary N) is 1. The fourth-order valence-electron chi connectivity index (χ4n) is 3.11. The lowest BCUT2D eigenvalue weighted by molar-refractivity contribution is -0.160. The SMILES string of the molecule is O=C(CC(F)(F)F)N1CC=C(c2nccc3cnc4[nH]ccc4c23)C1. The summed E-state index contributed by atoms with van der Waals surface area (Å²) in [5, 5.41) is 2.66. The molecule has 5 nitrogen and oxygen atoms in total. The third kappa shape index (κ3) is 2.84. The number of amides is 1. The van der Waals surface area contributed by atoms with Gasteiger partial charge in [0.25, 0.3) is 0 Å². The summed E-state index contributed by atoms with van der Waals surface area (Å²) < 4.78 is 37.3. The molecule has 3 aromatic rings. The summed E-state index contributed by atoms with van der Waals surface area (Å²) in [6.45, 7) is 0.277. The van der Waals surface area contributed by atoms with Crippen molar-refractivity contribution in [1.82, 2.24) is 19.9 Å². The maximum absolute atomic E-state index is 12.4. The summed E-state index contributed by atoms with van der Waals surface area (Å²) in [6.07, 6.45) is 0.953. The Morgan fingerprint density at radius 2 is 2.12 bits per heavy atom. The summed E-state index contributed by atoms with van der Waals surface area (Å²) in [4.78, 5) is 24.8. The number of pyridine rings is 2. The fraction of sp³-hybridized carbons (Fsp3) is 0.235. The van der Waals surface area contributed by atoms with Gasteiger partial charge in [0.15, 0.2) is 0 Å². The third-order valence-electron chi connectivity index (χ3n) is 4.24. The molecule has 0 atom stereocenters. The van der Waals surface area contributed by atoms with E-state index in [1.54, 1.807) is 24.7 Å². The van der Waals surface area contributed by atoms with E-state index in [1.165, 1.54) is 4.90 Å². The van der Waals surface area contributed by atoms with Gasteiger partial charge in [-0.1, -0.05) is 6.08 Å². The van der Waals surface area contributed by atoms with E-state index in [0.717, 1.165) is 21.7 Å². The van der Waals surface area contributed by atoms with Gasteiger partial charge in [-0.2, -0.15) is 13.2 Å². The Hall–Kier alpha value is -2.90. The van der Waals surface area contributed by atoms with Crippen LogP contribution in [0.2, 0.25) is 0 Å². The van der Waals surface area contributed by atoms with Gasteiger partial charge in [0.2, 0.25) is 5.91 Å². The van der Waals surface area contributed by atoms with Crippen molar-refractivity contribution in [2.75, 3.05) is 13.1 Å². The van der Waals surface area contributed by atoms with Crippen LogP contribution in [0.15, 0.2) is 36.8 Å². The first-order valence-electron chi connectivity index (χ1n) is 7.67. The summed E-state index contributed by atoms with van der Waals surface area (Å²) in [5.74, 6) is -0.924. The van der Waals surface area contributed by atoms with Crippen LogP contribution in [-0.4, -0.2) is 45.0 Å². The Balaban J connectivity index is 1.69. The van der Waals surface area contributed by atoms with Gasteiger partial charge in [0, 0.05) is 47.8 Å². The van der Waals surface area contributed by atoms with Gasteiger partial charge in [0.1, 0.15) is 12.1 Å². The van der Waals surface area contributed by atoms with E-state index in [-0.39, 0.29) is 13.1 Å². The molecule has 0 radical (unpaired) electrons. The molecule has 1 N–H and O–H groups in total. The number of hydrogen-bond acceptors (Lipinski definition) is 3. The van der Waals surface area contributed by atoms with Crippen molar-refractivity contribution in [3.63, 3.8) is 0 Å². The first-order chi connectivity index (χ1) is 11.9. The molecular formula is C17H13F3N4O. The number of H-pyrrole nitrogens is 1. The average molecular weight is 346 g/mol. The topological polar surface area (TPSA) is 61.9 Å². The van der Waals surface area contributed by atoms with Crippen molar-refractivity contribution in [2.24, 2.45) is 0 Å². The molecule has 0 spiro atoms. The van der Waals surface area contributed by atoms with Gasteiger partial charge >= 0.3 is 6.18 Å². The first kappa shape index (κ1) is 15.6. The van der Waals surface area contributed by atoms with Gasteiger partial charge in [-0.25, -0.2) is 4.98 Å². The number of halogens is 3. The van der Waals surface area contributed by atoms with Crippen molar-refractivity contribution < 1.29 is 18.0 Å². The number of aromatic amines is 1. The van der Waals surface area contributed by atoms with E-state index in [0.29, 0.717) is 11.3 Å². The summed E-state index contributed by atoms with van der Waals surface area (Å²) >= 11 is 0. The summed E-state index contributed by atoms with van der Waals surface area (Å²) in [6, 6.07) is 3.72. The monoisotopic (exact) mass is 346 g/mol. The number of nitrogens with zero attached hydrogens (tertiary/aromatic N) is 3. The minimum absolute atomic E-state index is 0.120. The van der Waals surface area contributed by atoms with Gasteiger partial charge < -0.3 is 9.88 Å². The Kier molecular flexibility index (Phi) is 3.48. The quantitative estimate of drug-likeness (QED) is 0.775. The lowest BCUT2D eigenvalue weighted by Crippen LogP contribution is -2.32. The maximum atomic E-state index is 12.4. The van der Waals surface area contributed by atoms with Crippen molar-refractivity contribution in [3.05, 3.63) is 42.5 Å². The smallest absolute Gasteiger partial charge is 0.346 e. The van der Waals surface area contributed by atoms with E-state index in [1.807, 2.05) is 12.1 Å². The van der Waals surface area contributed by atoms with Crippen molar-refractivity contribution in [2.45, 2.75) is 12.6 Å². The molecule has 0 bridgehead atoms. The van der Waals surface area contributed by atoms with Crippen molar-refractivity contribution in [1.29, 1.82) is 0 Å². The van der Waals surface area contributed by atoms with E-state index in [9.17, 15) is 18.0 Å². The minimum atomic E-state index is -4.50. The van der Waals surface area contributed by atoms with Crippen LogP contribution in [0, 0.1) is 0 Å². The van der Waals surface area contributed by atoms with Crippen molar-refractivity contribution >= 4 is 33.3 Å². The predicted octanol–water partition coefficient (Wildman–Crippen LogP) is 3.29. The van der Waals surface area contributed by atoms with E-state index in [4.69, 9.17) is 0 Å². The lowest BCUT2D eigenvalue weighted by atomic mass is 10.0. The molecule has 0 saturated carbocycles. The van der Waals surface area contributed by atoms with Crippen LogP contribution in [0.5, 0.6) is 0 Å². The zero-order chi connectivity index (χ0) is 17.6.